The van der Waals surface area contributed by atoms with Crippen molar-refractivity contribution in [1.82, 2.24) is 9.97 Å². The van der Waals surface area contributed by atoms with Gasteiger partial charge in [-0.2, -0.15) is 0 Å². The van der Waals surface area contributed by atoms with Crippen LogP contribution in [-0.4, -0.2) is 15.0 Å². The molecule has 1 aliphatic rings. The summed E-state index contributed by atoms with van der Waals surface area (Å²) in [4.78, 5) is 8.89. The first-order valence-electron chi connectivity index (χ1n) is 6.71. The molecule has 4 nitrogen and oxygen atoms in total. The number of aromatic nitrogens is 2. The quantitative estimate of drug-likeness (QED) is 0.848. The fraction of sp³-hybridized carbons (Fsp3) is 0.267. The van der Waals surface area contributed by atoms with Crippen LogP contribution in [0.1, 0.15) is 35.7 Å². The van der Waals surface area contributed by atoms with E-state index in [1.54, 1.807) is 12.3 Å². The van der Waals surface area contributed by atoms with Crippen molar-refractivity contribution in [1.29, 1.82) is 0 Å². The second-order valence-electron chi connectivity index (χ2n) is 4.92. The van der Waals surface area contributed by atoms with Crippen molar-refractivity contribution in [3.63, 3.8) is 0 Å². The maximum absolute atomic E-state index is 5.61. The average Bonchev–Trinajstić information content (AvgIpc) is 2.48. The second-order valence-corrected chi connectivity index (χ2v) is 5.36. The highest BCUT2D eigenvalue weighted by Gasteiger charge is 2.20. The Morgan fingerprint density at radius 2 is 2.15 bits per heavy atom. The number of anilines is 1. The summed E-state index contributed by atoms with van der Waals surface area (Å²) < 4.78 is 0. The van der Waals surface area contributed by atoms with Crippen molar-refractivity contribution in [2.75, 3.05) is 5.32 Å². The largest absolute Gasteiger partial charge is 0.388 e. The predicted octanol–water partition coefficient (Wildman–Crippen LogP) is 2.60. The van der Waals surface area contributed by atoms with E-state index in [0.29, 0.717) is 16.6 Å². The van der Waals surface area contributed by atoms with Crippen molar-refractivity contribution in [2.45, 2.75) is 25.3 Å². The van der Waals surface area contributed by atoms with Gasteiger partial charge in [0.2, 0.25) is 5.95 Å². The standard InChI is InChI=1S/C15H16N4S/c16-14(20)13-8-9-17-15(19-13)18-12-7-3-5-10-4-1-2-6-11(10)12/h1-2,4,6,8-9,12H,3,5,7H2,(H2,16,20)(H,17,18,19). The molecule has 1 aromatic heterocycles. The molecule has 3 N–H and O–H groups in total. The molecule has 0 saturated carbocycles. The molecule has 0 aliphatic heterocycles. The summed E-state index contributed by atoms with van der Waals surface area (Å²) in [5.74, 6) is 0.581. The van der Waals surface area contributed by atoms with Crippen LogP contribution < -0.4 is 11.1 Å². The molecule has 20 heavy (non-hydrogen) atoms. The van der Waals surface area contributed by atoms with E-state index in [2.05, 4.69) is 39.6 Å². The van der Waals surface area contributed by atoms with Crippen LogP contribution >= 0.6 is 12.2 Å². The van der Waals surface area contributed by atoms with Crippen LogP contribution in [0.25, 0.3) is 0 Å². The third-order valence-corrected chi connectivity index (χ3v) is 3.79. The number of rotatable bonds is 3. The normalized spacial score (nSPS) is 17.3. The fourth-order valence-electron chi connectivity index (χ4n) is 2.63. The minimum atomic E-state index is 0.251. The van der Waals surface area contributed by atoms with E-state index >= 15 is 0 Å². The summed E-state index contributed by atoms with van der Waals surface area (Å²) in [6.07, 6.45) is 5.07. The molecule has 0 spiro atoms. The van der Waals surface area contributed by atoms with Gasteiger partial charge in [0.15, 0.2) is 0 Å². The molecule has 0 fully saturated rings. The van der Waals surface area contributed by atoms with E-state index in [1.807, 2.05) is 0 Å². The first-order chi connectivity index (χ1) is 9.74. The number of aryl methyl sites for hydroxylation is 1. The van der Waals surface area contributed by atoms with Gasteiger partial charge in [-0.1, -0.05) is 36.5 Å². The third kappa shape index (κ3) is 2.63. The SMILES string of the molecule is NC(=S)c1ccnc(NC2CCCc3ccccc32)n1. The Morgan fingerprint density at radius 3 is 3.00 bits per heavy atom. The van der Waals surface area contributed by atoms with Gasteiger partial charge in [0.25, 0.3) is 0 Å². The molecule has 1 aliphatic carbocycles. The monoisotopic (exact) mass is 284 g/mol. The number of hydrogen-bond acceptors (Lipinski definition) is 4. The Kier molecular flexibility index (Phi) is 3.60. The Hall–Kier alpha value is -2.01. The average molecular weight is 284 g/mol. The number of fused-ring (bicyclic) bond motifs is 1. The predicted molar refractivity (Wildman–Crippen MR) is 83.7 cm³/mol. The number of nitrogens with zero attached hydrogens (tertiary/aromatic N) is 2. The fourth-order valence-corrected chi connectivity index (χ4v) is 2.74. The van der Waals surface area contributed by atoms with Crippen LogP contribution in [0.15, 0.2) is 36.5 Å². The van der Waals surface area contributed by atoms with Gasteiger partial charge in [-0.25, -0.2) is 9.97 Å². The molecular weight excluding hydrogens is 268 g/mol. The molecule has 0 radical (unpaired) electrons. The lowest BCUT2D eigenvalue weighted by Crippen LogP contribution is -2.20. The lowest BCUT2D eigenvalue weighted by atomic mass is 9.88. The number of thiocarbonyl (C=S) groups is 1. The molecule has 1 heterocycles. The van der Waals surface area contributed by atoms with Crippen LogP contribution in [0, 0.1) is 0 Å². The van der Waals surface area contributed by atoms with E-state index in [9.17, 15) is 0 Å². The van der Waals surface area contributed by atoms with Crippen LogP contribution in [0.2, 0.25) is 0 Å². The highest BCUT2D eigenvalue weighted by molar-refractivity contribution is 7.80. The van der Waals surface area contributed by atoms with Crippen LogP contribution in [0.3, 0.4) is 0 Å². The minimum Gasteiger partial charge on any atom is -0.388 e. The molecule has 3 rings (SSSR count). The number of hydrogen-bond donors (Lipinski definition) is 2. The Balaban J connectivity index is 1.85. The number of benzene rings is 1. The molecule has 1 atom stereocenters. The summed E-state index contributed by atoms with van der Waals surface area (Å²) in [7, 11) is 0. The molecule has 0 amide bonds. The third-order valence-electron chi connectivity index (χ3n) is 3.58. The first-order valence-corrected chi connectivity index (χ1v) is 7.12. The zero-order chi connectivity index (χ0) is 13.9. The van der Waals surface area contributed by atoms with E-state index < -0.39 is 0 Å². The zero-order valence-corrected chi connectivity index (χ0v) is 11.9. The van der Waals surface area contributed by atoms with E-state index in [4.69, 9.17) is 18.0 Å². The van der Waals surface area contributed by atoms with Gasteiger partial charge in [-0.3, -0.25) is 0 Å². The molecule has 0 bridgehead atoms. The summed E-state index contributed by atoms with van der Waals surface area (Å²) in [5.41, 5.74) is 8.95. The maximum atomic E-state index is 5.61. The van der Waals surface area contributed by atoms with Gasteiger partial charge < -0.3 is 11.1 Å². The van der Waals surface area contributed by atoms with E-state index in [0.717, 1.165) is 12.8 Å². The van der Waals surface area contributed by atoms with Crippen molar-refractivity contribution in [3.8, 4) is 0 Å². The molecule has 102 valence electrons. The summed E-state index contributed by atoms with van der Waals surface area (Å²) in [6, 6.07) is 10.5. The first kappa shape index (κ1) is 13.0. The van der Waals surface area contributed by atoms with Gasteiger partial charge >= 0.3 is 0 Å². The Bertz CT molecular complexity index is 641. The smallest absolute Gasteiger partial charge is 0.223 e. The van der Waals surface area contributed by atoms with Crippen molar-refractivity contribution in [3.05, 3.63) is 53.3 Å². The Morgan fingerprint density at radius 1 is 1.30 bits per heavy atom. The van der Waals surface area contributed by atoms with E-state index in [1.165, 1.54) is 17.5 Å². The van der Waals surface area contributed by atoms with Crippen molar-refractivity contribution in [2.24, 2.45) is 5.73 Å². The number of nitrogens with two attached hydrogens (primary N) is 1. The zero-order valence-electron chi connectivity index (χ0n) is 11.0. The van der Waals surface area contributed by atoms with Gasteiger partial charge in [-0.15, -0.1) is 0 Å². The molecule has 2 aromatic rings. The lowest BCUT2D eigenvalue weighted by molar-refractivity contribution is 0.596. The summed E-state index contributed by atoms with van der Waals surface area (Å²) in [6.45, 7) is 0. The van der Waals surface area contributed by atoms with Crippen LogP contribution in [-0.2, 0) is 6.42 Å². The Labute approximate surface area is 123 Å². The van der Waals surface area contributed by atoms with Crippen molar-refractivity contribution >= 4 is 23.2 Å². The molecule has 5 heteroatoms. The van der Waals surface area contributed by atoms with Crippen LogP contribution in [0.4, 0.5) is 5.95 Å². The summed E-state index contributed by atoms with van der Waals surface area (Å²) >= 11 is 4.95. The van der Waals surface area contributed by atoms with Gasteiger partial charge in [0, 0.05) is 6.20 Å². The topological polar surface area (TPSA) is 63.8 Å². The molecule has 1 aromatic carbocycles. The van der Waals surface area contributed by atoms with Crippen molar-refractivity contribution < 1.29 is 0 Å². The highest BCUT2D eigenvalue weighted by Crippen LogP contribution is 2.31. The molecular formula is C15H16N4S. The summed E-state index contributed by atoms with van der Waals surface area (Å²) in [5, 5.41) is 3.39. The lowest BCUT2D eigenvalue weighted by Gasteiger charge is -2.26. The molecule has 0 saturated heterocycles. The van der Waals surface area contributed by atoms with Gasteiger partial charge in [-0.05, 0) is 36.5 Å². The van der Waals surface area contributed by atoms with Gasteiger partial charge in [0.1, 0.15) is 10.7 Å². The molecule has 1 unspecified atom stereocenters. The van der Waals surface area contributed by atoms with E-state index in [-0.39, 0.29) is 6.04 Å². The van der Waals surface area contributed by atoms with Crippen LogP contribution in [0.5, 0.6) is 0 Å². The maximum Gasteiger partial charge on any atom is 0.223 e. The minimum absolute atomic E-state index is 0.251. The second kappa shape index (κ2) is 5.54. The number of nitrogens with one attached hydrogen (secondary N) is 1. The van der Waals surface area contributed by atoms with Gasteiger partial charge in [0.05, 0.1) is 6.04 Å². The highest BCUT2D eigenvalue weighted by atomic mass is 32.1.